The lowest BCUT2D eigenvalue weighted by molar-refractivity contribution is -0.384. The summed E-state index contributed by atoms with van der Waals surface area (Å²) >= 11 is 1.26. The number of thiophene rings is 1. The summed E-state index contributed by atoms with van der Waals surface area (Å²) in [4.78, 5) is 22.8. The van der Waals surface area contributed by atoms with Crippen LogP contribution >= 0.6 is 11.3 Å². The number of nitro groups is 1. The summed E-state index contributed by atoms with van der Waals surface area (Å²) in [5.41, 5.74) is 3.33. The van der Waals surface area contributed by atoms with Crippen LogP contribution in [0.2, 0.25) is 0 Å². The van der Waals surface area contributed by atoms with Crippen molar-refractivity contribution in [3.63, 3.8) is 0 Å². The first-order valence-electron chi connectivity index (χ1n) is 6.70. The maximum absolute atomic E-state index is 12.1. The molecule has 0 aliphatic rings. The van der Waals surface area contributed by atoms with Gasteiger partial charge in [-0.1, -0.05) is 30.3 Å². The number of nitrogens with one attached hydrogen (secondary N) is 1. The van der Waals surface area contributed by atoms with Gasteiger partial charge in [-0.2, -0.15) is 5.10 Å². The maximum atomic E-state index is 12.1. The van der Waals surface area contributed by atoms with E-state index in [2.05, 4.69) is 10.5 Å². The number of nitro benzene ring substituents is 1. The summed E-state index contributed by atoms with van der Waals surface area (Å²) in [6.45, 7) is 0. The van der Waals surface area contributed by atoms with Gasteiger partial charge >= 0.3 is 0 Å². The largest absolute Gasteiger partial charge is 0.281 e. The zero-order valence-corrected chi connectivity index (χ0v) is 12.6. The molecule has 114 valence electrons. The molecule has 1 heterocycles. The molecule has 0 radical (unpaired) electrons. The molecule has 7 heteroatoms. The van der Waals surface area contributed by atoms with Gasteiger partial charge in [-0.3, -0.25) is 14.9 Å². The van der Waals surface area contributed by atoms with E-state index in [1.807, 2.05) is 30.3 Å². The van der Waals surface area contributed by atoms with Gasteiger partial charge in [0, 0.05) is 22.2 Å². The zero-order chi connectivity index (χ0) is 16.2. The van der Waals surface area contributed by atoms with E-state index in [1.165, 1.54) is 23.5 Å². The Balaban J connectivity index is 1.76. The van der Waals surface area contributed by atoms with E-state index in [1.54, 1.807) is 18.3 Å². The third-order valence-corrected chi connectivity index (χ3v) is 4.23. The Morgan fingerprint density at radius 3 is 2.70 bits per heavy atom. The second-order valence-corrected chi connectivity index (χ2v) is 5.78. The molecule has 23 heavy (non-hydrogen) atoms. The van der Waals surface area contributed by atoms with E-state index in [9.17, 15) is 14.9 Å². The van der Waals surface area contributed by atoms with E-state index < -0.39 is 4.92 Å². The van der Waals surface area contributed by atoms with Crippen molar-refractivity contribution in [1.29, 1.82) is 0 Å². The lowest BCUT2D eigenvalue weighted by atomic mass is 10.2. The average molecular weight is 325 g/mol. The lowest BCUT2D eigenvalue weighted by Crippen LogP contribution is -2.16. The Kier molecular flexibility index (Phi) is 4.11. The molecule has 6 nitrogen and oxygen atoms in total. The van der Waals surface area contributed by atoms with Gasteiger partial charge < -0.3 is 0 Å². The molecule has 2 aromatic carbocycles. The molecule has 0 aliphatic heterocycles. The standard InChI is InChI=1S/C16H11N3O3S/c20-16(18-17-10-11-4-2-1-3-5-11)15-9-12-8-13(19(21)22)6-7-14(12)23-15/h1-10H,(H,18,20)/b17-10-. The Morgan fingerprint density at radius 1 is 1.17 bits per heavy atom. The van der Waals surface area contributed by atoms with Crippen LogP contribution < -0.4 is 5.43 Å². The van der Waals surface area contributed by atoms with Crippen LogP contribution in [-0.2, 0) is 0 Å². The summed E-state index contributed by atoms with van der Waals surface area (Å²) in [5.74, 6) is -0.346. The Morgan fingerprint density at radius 2 is 1.96 bits per heavy atom. The number of fused-ring (bicyclic) bond motifs is 1. The number of carbonyl (C=O) groups is 1. The Labute approximate surface area is 135 Å². The van der Waals surface area contributed by atoms with E-state index in [0.29, 0.717) is 10.3 Å². The van der Waals surface area contributed by atoms with Crippen LogP contribution in [0.4, 0.5) is 5.69 Å². The lowest BCUT2D eigenvalue weighted by Gasteiger charge is -1.95. The zero-order valence-electron chi connectivity index (χ0n) is 11.8. The first-order valence-corrected chi connectivity index (χ1v) is 7.51. The number of hydrogen-bond donors (Lipinski definition) is 1. The molecule has 1 amide bonds. The molecular weight excluding hydrogens is 314 g/mol. The molecule has 0 aliphatic carbocycles. The van der Waals surface area contributed by atoms with Gasteiger partial charge in [-0.15, -0.1) is 11.3 Å². The minimum absolute atomic E-state index is 0.00403. The first kappa shape index (κ1) is 14.9. The average Bonchev–Trinajstić information content (AvgIpc) is 2.99. The molecule has 0 atom stereocenters. The first-order chi connectivity index (χ1) is 11.1. The van der Waals surface area contributed by atoms with Gasteiger partial charge in [-0.05, 0) is 17.7 Å². The third kappa shape index (κ3) is 3.41. The molecule has 1 N–H and O–H groups in total. The highest BCUT2D eigenvalue weighted by Crippen LogP contribution is 2.28. The van der Waals surface area contributed by atoms with Crippen LogP contribution in [0.3, 0.4) is 0 Å². The summed E-state index contributed by atoms with van der Waals surface area (Å²) < 4.78 is 0.813. The summed E-state index contributed by atoms with van der Waals surface area (Å²) in [6.07, 6.45) is 1.55. The van der Waals surface area contributed by atoms with Crippen molar-refractivity contribution in [3.8, 4) is 0 Å². The highest BCUT2D eigenvalue weighted by molar-refractivity contribution is 7.20. The smallest absolute Gasteiger partial charge is 0.266 e. The van der Waals surface area contributed by atoms with Crippen molar-refractivity contribution < 1.29 is 9.72 Å². The van der Waals surface area contributed by atoms with Gasteiger partial charge in [-0.25, -0.2) is 5.43 Å². The van der Waals surface area contributed by atoms with E-state index >= 15 is 0 Å². The summed E-state index contributed by atoms with van der Waals surface area (Å²) in [6, 6.07) is 15.5. The number of rotatable bonds is 4. The van der Waals surface area contributed by atoms with Crippen LogP contribution in [-0.4, -0.2) is 17.0 Å². The molecule has 1 aromatic heterocycles. The SMILES string of the molecule is O=C(N/N=C\c1ccccc1)c1cc2cc([N+](=O)[O-])ccc2s1. The molecular formula is C16H11N3O3S. The van der Waals surface area contributed by atoms with Crippen LogP contribution in [0, 0.1) is 10.1 Å². The van der Waals surface area contributed by atoms with Crippen LogP contribution in [0.5, 0.6) is 0 Å². The molecule has 0 saturated carbocycles. The van der Waals surface area contributed by atoms with Crippen LogP contribution in [0.1, 0.15) is 15.2 Å². The van der Waals surface area contributed by atoms with Gasteiger partial charge in [0.25, 0.3) is 11.6 Å². The van der Waals surface area contributed by atoms with Gasteiger partial charge in [0.15, 0.2) is 0 Å². The number of hydrogen-bond acceptors (Lipinski definition) is 5. The fourth-order valence-electron chi connectivity index (χ4n) is 2.02. The minimum atomic E-state index is -0.457. The predicted octanol–water partition coefficient (Wildman–Crippen LogP) is 3.57. The molecule has 0 spiro atoms. The summed E-state index contributed by atoms with van der Waals surface area (Å²) in [5, 5.41) is 15.3. The second kappa shape index (κ2) is 6.37. The van der Waals surface area contributed by atoms with E-state index in [0.717, 1.165) is 10.3 Å². The molecule has 3 aromatic rings. The molecule has 0 unspecified atom stereocenters. The van der Waals surface area contributed by atoms with Crippen LogP contribution in [0.25, 0.3) is 10.1 Å². The number of benzene rings is 2. The predicted molar refractivity (Wildman–Crippen MR) is 90.0 cm³/mol. The number of hydrazone groups is 1. The van der Waals surface area contributed by atoms with E-state index in [-0.39, 0.29) is 11.6 Å². The van der Waals surface area contributed by atoms with Crippen molar-refractivity contribution in [2.24, 2.45) is 5.10 Å². The summed E-state index contributed by atoms with van der Waals surface area (Å²) in [7, 11) is 0. The minimum Gasteiger partial charge on any atom is -0.266 e. The quantitative estimate of drug-likeness (QED) is 0.452. The monoisotopic (exact) mass is 325 g/mol. The van der Waals surface area contributed by atoms with Crippen molar-refractivity contribution in [1.82, 2.24) is 5.43 Å². The van der Waals surface area contributed by atoms with Crippen molar-refractivity contribution in [2.75, 3.05) is 0 Å². The molecule has 0 bridgehead atoms. The normalized spacial score (nSPS) is 11.0. The number of carbonyl (C=O) groups excluding carboxylic acids is 1. The maximum Gasteiger partial charge on any atom is 0.281 e. The highest BCUT2D eigenvalue weighted by atomic mass is 32.1. The van der Waals surface area contributed by atoms with Crippen molar-refractivity contribution in [2.45, 2.75) is 0 Å². The van der Waals surface area contributed by atoms with Crippen molar-refractivity contribution >= 4 is 39.2 Å². The van der Waals surface area contributed by atoms with Gasteiger partial charge in [0.05, 0.1) is 16.0 Å². The Hall–Kier alpha value is -3.06. The second-order valence-electron chi connectivity index (χ2n) is 4.70. The van der Waals surface area contributed by atoms with Crippen molar-refractivity contribution in [3.05, 3.63) is 75.2 Å². The highest BCUT2D eigenvalue weighted by Gasteiger charge is 2.12. The number of nitrogens with zero attached hydrogens (tertiary/aromatic N) is 2. The third-order valence-electron chi connectivity index (χ3n) is 3.11. The van der Waals surface area contributed by atoms with Gasteiger partial charge in [0.2, 0.25) is 0 Å². The molecule has 3 rings (SSSR count). The number of non-ortho nitro benzene ring substituents is 1. The molecule has 0 saturated heterocycles. The number of amides is 1. The van der Waals surface area contributed by atoms with Crippen LogP contribution in [0.15, 0.2) is 59.7 Å². The fraction of sp³-hybridized carbons (Fsp3) is 0. The Bertz CT molecular complexity index is 903. The van der Waals surface area contributed by atoms with Gasteiger partial charge in [0.1, 0.15) is 0 Å². The fourth-order valence-corrected chi connectivity index (χ4v) is 2.95. The molecule has 0 fully saturated rings. The topological polar surface area (TPSA) is 84.6 Å². The van der Waals surface area contributed by atoms with E-state index in [4.69, 9.17) is 0 Å².